The van der Waals surface area contributed by atoms with Crippen molar-refractivity contribution in [3.05, 3.63) is 76.2 Å². The van der Waals surface area contributed by atoms with Gasteiger partial charge < -0.3 is 10.2 Å². The Balaban J connectivity index is 1.43. The molecule has 0 aliphatic carbocycles. The number of nitrogens with one attached hydrogen (secondary N) is 2. The summed E-state index contributed by atoms with van der Waals surface area (Å²) in [5.74, 6) is -0.328. The minimum absolute atomic E-state index is 0.0980. The van der Waals surface area contributed by atoms with Crippen molar-refractivity contribution in [2.45, 2.75) is 12.8 Å². The lowest BCUT2D eigenvalue weighted by Crippen LogP contribution is -2.37. The first-order valence-electron chi connectivity index (χ1n) is 11.8. The summed E-state index contributed by atoms with van der Waals surface area (Å²) in [7, 11) is 5.04. The molecule has 0 saturated heterocycles. The minimum atomic E-state index is -0.499. The molecule has 2 amide bonds. The summed E-state index contributed by atoms with van der Waals surface area (Å²) < 4.78 is 13.5. The van der Waals surface area contributed by atoms with Crippen LogP contribution in [0.2, 0.25) is 5.02 Å². The van der Waals surface area contributed by atoms with E-state index in [9.17, 15) is 14.0 Å². The van der Waals surface area contributed by atoms with Gasteiger partial charge in [0.05, 0.1) is 12.7 Å². The Bertz CT molecular complexity index is 1300. The van der Waals surface area contributed by atoms with Gasteiger partial charge in [0.25, 0.3) is 5.91 Å². The number of hydrogen-bond donors (Lipinski definition) is 2. The molecule has 1 aliphatic heterocycles. The Morgan fingerprint density at radius 2 is 1.84 bits per heavy atom. The topological polar surface area (TPSA) is 93.7 Å². The van der Waals surface area contributed by atoms with E-state index in [1.807, 2.05) is 6.07 Å². The molecular formula is C26H29ClFN7O2. The van der Waals surface area contributed by atoms with Crippen LogP contribution < -0.4 is 10.7 Å². The number of rotatable bonds is 7. The fourth-order valence-corrected chi connectivity index (χ4v) is 4.13. The molecule has 4 rings (SSSR count). The quantitative estimate of drug-likeness (QED) is 0.455. The summed E-state index contributed by atoms with van der Waals surface area (Å²) in [6.07, 6.45) is 3.13. The van der Waals surface area contributed by atoms with E-state index in [1.165, 1.54) is 47.6 Å². The van der Waals surface area contributed by atoms with Crippen molar-refractivity contribution in [2.75, 3.05) is 51.5 Å². The zero-order valence-corrected chi connectivity index (χ0v) is 21.7. The molecule has 194 valence electrons. The zero-order valence-electron chi connectivity index (χ0n) is 21.0. The number of nitrogens with zero attached hydrogens (tertiary/aromatic N) is 5. The molecule has 0 unspecified atom stereocenters. The molecule has 3 aromatic rings. The van der Waals surface area contributed by atoms with Crippen LogP contribution in [0.15, 0.2) is 48.7 Å². The number of halogens is 2. The lowest BCUT2D eigenvalue weighted by molar-refractivity contribution is -0.129. The van der Waals surface area contributed by atoms with Crippen molar-refractivity contribution in [1.82, 2.24) is 24.8 Å². The van der Waals surface area contributed by atoms with Crippen LogP contribution in [-0.2, 0) is 17.6 Å². The van der Waals surface area contributed by atoms with Gasteiger partial charge in [0.1, 0.15) is 10.8 Å². The van der Waals surface area contributed by atoms with Gasteiger partial charge in [0.15, 0.2) is 5.82 Å². The number of carbonyl (C=O) groups is 2. The van der Waals surface area contributed by atoms with Crippen LogP contribution in [-0.4, -0.2) is 77.4 Å². The summed E-state index contributed by atoms with van der Waals surface area (Å²) in [4.78, 5) is 37.2. The maximum absolute atomic E-state index is 13.5. The number of amides is 2. The van der Waals surface area contributed by atoms with Crippen LogP contribution in [0.4, 0.5) is 21.8 Å². The van der Waals surface area contributed by atoms with Gasteiger partial charge in [0.2, 0.25) is 11.9 Å². The van der Waals surface area contributed by atoms with E-state index >= 15 is 0 Å². The Morgan fingerprint density at radius 3 is 2.57 bits per heavy atom. The molecule has 2 heterocycles. The smallest absolute Gasteiger partial charge is 0.272 e. The molecule has 2 N–H and O–H groups in total. The summed E-state index contributed by atoms with van der Waals surface area (Å²) >= 11 is 6.26. The van der Waals surface area contributed by atoms with Crippen LogP contribution in [0, 0.1) is 5.82 Å². The standard InChI is InChI=1S/C26H29ClFN7O2/c1-33(2)23(36)16-35-11-9-17-7-8-21(14-18(17)10-12-35)30-26-29-15-22(27)24(31-26)32-34(3)25(37)19-5-4-6-20(28)13-19/h4-8,13-15H,9-12,16H2,1-3H3,(H2,29,30,31,32). The van der Waals surface area contributed by atoms with Gasteiger partial charge in [-0.1, -0.05) is 23.7 Å². The Kier molecular flexibility index (Phi) is 8.20. The molecule has 11 heteroatoms. The highest BCUT2D eigenvalue weighted by atomic mass is 35.5. The minimum Gasteiger partial charge on any atom is -0.348 e. The van der Waals surface area contributed by atoms with Gasteiger partial charge in [-0.3, -0.25) is 24.9 Å². The molecule has 2 aromatic carbocycles. The highest BCUT2D eigenvalue weighted by molar-refractivity contribution is 6.32. The largest absolute Gasteiger partial charge is 0.348 e. The van der Waals surface area contributed by atoms with E-state index in [2.05, 4.69) is 37.7 Å². The van der Waals surface area contributed by atoms with E-state index in [-0.39, 0.29) is 22.3 Å². The van der Waals surface area contributed by atoms with Gasteiger partial charge in [-0.25, -0.2) is 9.37 Å². The number of hydrazine groups is 1. The Hall–Kier alpha value is -3.76. The Labute approximate surface area is 220 Å². The molecule has 37 heavy (non-hydrogen) atoms. The molecule has 0 radical (unpaired) electrons. The maximum atomic E-state index is 13.5. The van der Waals surface area contributed by atoms with Crippen molar-refractivity contribution in [2.24, 2.45) is 0 Å². The van der Waals surface area contributed by atoms with Crippen LogP contribution in [0.3, 0.4) is 0 Å². The molecule has 0 bridgehead atoms. The summed E-state index contributed by atoms with van der Waals surface area (Å²) in [5.41, 5.74) is 6.30. The van der Waals surface area contributed by atoms with Crippen molar-refractivity contribution in [1.29, 1.82) is 0 Å². The molecule has 9 nitrogen and oxygen atoms in total. The predicted molar refractivity (Wildman–Crippen MR) is 141 cm³/mol. The molecular weight excluding hydrogens is 497 g/mol. The average Bonchev–Trinajstić information content (AvgIpc) is 3.07. The van der Waals surface area contributed by atoms with Gasteiger partial charge in [-0.15, -0.1) is 0 Å². The Morgan fingerprint density at radius 1 is 1.08 bits per heavy atom. The van der Waals surface area contributed by atoms with Crippen LogP contribution in [0.1, 0.15) is 21.5 Å². The van der Waals surface area contributed by atoms with E-state index in [1.54, 1.807) is 19.0 Å². The highest BCUT2D eigenvalue weighted by Gasteiger charge is 2.18. The third-order valence-corrected chi connectivity index (χ3v) is 6.39. The second-order valence-corrected chi connectivity index (χ2v) is 9.46. The van der Waals surface area contributed by atoms with Gasteiger partial charge >= 0.3 is 0 Å². The van der Waals surface area contributed by atoms with Crippen molar-refractivity contribution >= 4 is 40.9 Å². The van der Waals surface area contributed by atoms with Crippen molar-refractivity contribution < 1.29 is 14.0 Å². The van der Waals surface area contributed by atoms with E-state index in [0.29, 0.717) is 12.5 Å². The second kappa shape index (κ2) is 11.5. The number of benzene rings is 2. The predicted octanol–water partition coefficient (Wildman–Crippen LogP) is 3.60. The number of aromatic nitrogens is 2. The molecule has 0 atom stereocenters. The number of hydrogen-bond acceptors (Lipinski definition) is 7. The van der Waals surface area contributed by atoms with Gasteiger partial charge in [-0.05, 0) is 54.3 Å². The first-order valence-corrected chi connectivity index (χ1v) is 12.2. The maximum Gasteiger partial charge on any atom is 0.272 e. The van der Waals surface area contributed by atoms with Gasteiger partial charge in [-0.2, -0.15) is 4.98 Å². The molecule has 1 aromatic heterocycles. The summed E-state index contributed by atoms with van der Waals surface area (Å²) in [6, 6.07) is 11.5. The second-order valence-electron chi connectivity index (χ2n) is 9.05. The normalized spacial score (nSPS) is 13.3. The number of anilines is 3. The third-order valence-electron chi connectivity index (χ3n) is 6.11. The number of likely N-dealkylation sites (N-methyl/N-ethyl adjacent to an activating group) is 1. The molecule has 0 saturated carbocycles. The monoisotopic (exact) mass is 525 g/mol. The highest BCUT2D eigenvalue weighted by Crippen LogP contribution is 2.25. The van der Waals surface area contributed by atoms with E-state index < -0.39 is 11.7 Å². The lowest BCUT2D eigenvalue weighted by Gasteiger charge is -2.21. The van der Waals surface area contributed by atoms with Gasteiger partial charge in [0, 0.05) is 45.5 Å². The summed E-state index contributed by atoms with van der Waals surface area (Å²) in [6.45, 7) is 2.04. The first kappa shape index (κ1) is 26.3. The SMILES string of the molecule is CN(C)C(=O)CN1CCc2ccc(Nc3ncc(Cl)c(NN(C)C(=O)c4cccc(F)c4)n3)cc2CC1. The number of carbonyl (C=O) groups excluding carboxylic acids is 2. The third kappa shape index (κ3) is 6.72. The van der Waals surface area contributed by atoms with E-state index in [4.69, 9.17) is 11.6 Å². The molecule has 1 aliphatic rings. The van der Waals surface area contributed by atoms with Crippen LogP contribution >= 0.6 is 11.6 Å². The molecule has 0 spiro atoms. The fourth-order valence-electron chi connectivity index (χ4n) is 4.00. The zero-order chi connectivity index (χ0) is 26.5. The van der Waals surface area contributed by atoms with Crippen LogP contribution in [0.25, 0.3) is 0 Å². The number of fused-ring (bicyclic) bond motifs is 1. The lowest BCUT2D eigenvalue weighted by atomic mass is 10.0. The average molecular weight is 526 g/mol. The van der Waals surface area contributed by atoms with Crippen molar-refractivity contribution in [3.8, 4) is 0 Å². The van der Waals surface area contributed by atoms with Crippen molar-refractivity contribution in [3.63, 3.8) is 0 Å². The fraction of sp³-hybridized carbons (Fsp3) is 0.308. The van der Waals surface area contributed by atoms with E-state index in [0.717, 1.165) is 37.7 Å². The summed E-state index contributed by atoms with van der Waals surface area (Å²) in [5, 5.41) is 4.60. The van der Waals surface area contributed by atoms with Crippen LogP contribution in [0.5, 0.6) is 0 Å². The molecule has 0 fully saturated rings. The first-order chi connectivity index (χ1) is 17.7.